The van der Waals surface area contributed by atoms with Crippen LogP contribution in [0.3, 0.4) is 0 Å². The van der Waals surface area contributed by atoms with E-state index in [1.807, 2.05) is 42.7 Å². The van der Waals surface area contributed by atoms with Crippen molar-refractivity contribution in [1.82, 2.24) is 5.32 Å². The molecule has 0 saturated heterocycles. The first-order valence-corrected chi connectivity index (χ1v) is 6.50. The molecule has 0 amide bonds. The number of thioether (sulfide) groups is 1. The highest BCUT2D eigenvalue weighted by atomic mass is 32.2. The van der Waals surface area contributed by atoms with Crippen LogP contribution in [0.4, 0.5) is 0 Å². The zero-order valence-electron chi connectivity index (χ0n) is 8.99. The SMILES string of the molecule is CCN/C(=C\C(=S)c1ccccc1)SC. The van der Waals surface area contributed by atoms with Crippen molar-refractivity contribution in [1.29, 1.82) is 0 Å². The molecule has 0 unspecified atom stereocenters. The summed E-state index contributed by atoms with van der Waals surface area (Å²) in [7, 11) is 0. The second kappa shape index (κ2) is 6.64. The van der Waals surface area contributed by atoms with Gasteiger partial charge in [-0.05, 0) is 24.8 Å². The highest BCUT2D eigenvalue weighted by Crippen LogP contribution is 2.10. The van der Waals surface area contributed by atoms with Crippen LogP contribution in [0.5, 0.6) is 0 Å². The molecule has 0 atom stereocenters. The van der Waals surface area contributed by atoms with Crippen LogP contribution in [0.25, 0.3) is 0 Å². The van der Waals surface area contributed by atoms with Crippen LogP contribution < -0.4 is 5.32 Å². The van der Waals surface area contributed by atoms with Gasteiger partial charge in [0.25, 0.3) is 0 Å². The van der Waals surface area contributed by atoms with Crippen LogP contribution in [-0.2, 0) is 0 Å². The first-order valence-electron chi connectivity index (χ1n) is 4.87. The molecule has 0 saturated carbocycles. The standard InChI is InChI=1S/C12H15NS2/c1-3-13-12(15-2)9-11(14)10-7-5-4-6-8-10/h4-9,13H,3H2,1-2H3/b12-9+. The first-order chi connectivity index (χ1) is 7.27. The van der Waals surface area contributed by atoms with Crippen molar-refractivity contribution < 1.29 is 0 Å². The van der Waals surface area contributed by atoms with Gasteiger partial charge in [0.1, 0.15) is 0 Å². The largest absolute Gasteiger partial charge is 0.380 e. The highest BCUT2D eigenvalue weighted by molar-refractivity contribution is 8.02. The molecular formula is C12H15NS2. The smallest absolute Gasteiger partial charge is 0.0693 e. The Morgan fingerprint density at radius 3 is 2.60 bits per heavy atom. The van der Waals surface area contributed by atoms with Gasteiger partial charge in [0.2, 0.25) is 0 Å². The Kier molecular flexibility index (Phi) is 5.43. The molecule has 1 rings (SSSR count). The van der Waals surface area contributed by atoms with Crippen LogP contribution in [0.2, 0.25) is 0 Å². The van der Waals surface area contributed by atoms with Crippen molar-refractivity contribution >= 4 is 28.8 Å². The van der Waals surface area contributed by atoms with Gasteiger partial charge >= 0.3 is 0 Å². The van der Waals surface area contributed by atoms with Crippen molar-refractivity contribution in [3.8, 4) is 0 Å². The fraction of sp³-hybridized carbons (Fsp3) is 0.250. The fourth-order valence-electron chi connectivity index (χ4n) is 1.16. The maximum atomic E-state index is 5.35. The minimum absolute atomic E-state index is 0.876. The maximum Gasteiger partial charge on any atom is 0.0693 e. The summed E-state index contributed by atoms with van der Waals surface area (Å²) in [4.78, 5) is 0.876. The van der Waals surface area contributed by atoms with Crippen LogP contribution in [0, 0.1) is 0 Å². The predicted molar refractivity (Wildman–Crippen MR) is 73.4 cm³/mol. The van der Waals surface area contributed by atoms with E-state index in [9.17, 15) is 0 Å². The molecule has 3 heteroatoms. The molecule has 0 bridgehead atoms. The molecule has 1 N–H and O–H groups in total. The number of benzene rings is 1. The Hall–Kier alpha value is -0.800. The van der Waals surface area contributed by atoms with Gasteiger partial charge < -0.3 is 5.32 Å². The summed E-state index contributed by atoms with van der Waals surface area (Å²) in [5.74, 6) is 0. The van der Waals surface area contributed by atoms with E-state index in [0.29, 0.717) is 0 Å². The summed E-state index contributed by atoms with van der Waals surface area (Å²) >= 11 is 7.03. The maximum absolute atomic E-state index is 5.35. The minimum atomic E-state index is 0.876. The molecule has 0 spiro atoms. The highest BCUT2D eigenvalue weighted by Gasteiger charge is 1.99. The van der Waals surface area contributed by atoms with Crippen LogP contribution in [0.1, 0.15) is 12.5 Å². The summed E-state index contributed by atoms with van der Waals surface area (Å²) < 4.78 is 0. The molecule has 0 aliphatic rings. The lowest BCUT2D eigenvalue weighted by atomic mass is 10.1. The molecule has 15 heavy (non-hydrogen) atoms. The van der Waals surface area contributed by atoms with Crippen molar-refractivity contribution in [2.45, 2.75) is 6.92 Å². The molecule has 0 radical (unpaired) electrons. The second-order valence-corrected chi connectivity index (χ2v) is 4.26. The van der Waals surface area contributed by atoms with Gasteiger partial charge in [0.05, 0.1) is 5.03 Å². The minimum Gasteiger partial charge on any atom is -0.380 e. The Labute approximate surface area is 101 Å². The normalized spacial score (nSPS) is 11.2. The van der Waals surface area contributed by atoms with Gasteiger partial charge in [0, 0.05) is 11.4 Å². The van der Waals surface area contributed by atoms with Crippen molar-refractivity contribution in [3.63, 3.8) is 0 Å². The Morgan fingerprint density at radius 2 is 2.07 bits per heavy atom. The second-order valence-electron chi connectivity index (χ2n) is 2.97. The average molecular weight is 237 g/mol. The molecule has 0 aromatic heterocycles. The van der Waals surface area contributed by atoms with E-state index in [4.69, 9.17) is 12.2 Å². The molecule has 1 nitrogen and oxygen atoms in total. The van der Waals surface area contributed by atoms with Crippen molar-refractivity contribution in [3.05, 3.63) is 47.0 Å². The fourth-order valence-corrected chi connectivity index (χ4v) is 2.01. The Morgan fingerprint density at radius 1 is 1.40 bits per heavy atom. The lowest BCUT2D eigenvalue weighted by molar-refractivity contribution is 0.906. The summed E-state index contributed by atoms with van der Waals surface area (Å²) in [6.45, 7) is 3.00. The third-order valence-electron chi connectivity index (χ3n) is 1.89. The number of allylic oxidation sites excluding steroid dienone is 1. The van der Waals surface area contributed by atoms with Gasteiger partial charge in [0.15, 0.2) is 0 Å². The van der Waals surface area contributed by atoms with Crippen LogP contribution in [0.15, 0.2) is 41.4 Å². The van der Waals surface area contributed by atoms with Crippen molar-refractivity contribution in [2.24, 2.45) is 0 Å². The zero-order chi connectivity index (χ0) is 11.1. The van der Waals surface area contributed by atoms with Crippen LogP contribution >= 0.6 is 24.0 Å². The molecule has 0 aliphatic carbocycles. The quantitative estimate of drug-likeness (QED) is 0.480. The predicted octanol–water partition coefficient (Wildman–Crippen LogP) is 3.22. The zero-order valence-corrected chi connectivity index (χ0v) is 10.6. The lowest BCUT2D eigenvalue weighted by Gasteiger charge is -2.06. The van der Waals surface area contributed by atoms with Gasteiger partial charge in [-0.1, -0.05) is 42.5 Å². The third kappa shape index (κ3) is 4.06. The van der Waals surface area contributed by atoms with Crippen molar-refractivity contribution in [2.75, 3.05) is 12.8 Å². The molecule has 1 aromatic rings. The van der Waals surface area contributed by atoms with E-state index in [2.05, 4.69) is 12.2 Å². The summed E-state index contributed by atoms with van der Waals surface area (Å²) in [6.07, 6.45) is 4.06. The average Bonchev–Trinajstić information content (AvgIpc) is 2.29. The van der Waals surface area contributed by atoms with Gasteiger partial charge in [-0.3, -0.25) is 0 Å². The molecule has 0 fully saturated rings. The van der Waals surface area contributed by atoms with Crippen LogP contribution in [-0.4, -0.2) is 17.7 Å². The summed E-state index contributed by atoms with van der Waals surface area (Å²) in [5, 5.41) is 4.39. The molecule has 80 valence electrons. The molecule has 1 aromatic carbocycles. The molecule has 0 heterocycles. The molecular weight excluding hydrogens is 222 g/mol. The van der Waals surface area contributed by atoms with E-state index >= 15 is 0 Å². The Bertz CT molecular complexity index is 344. The number of rotatable bonds is 5. The lowest BCUT2D eigenvalue weighted by Crippen LogP contribution is -2.10. The van der Waals surface area contributed by atoms with Gasteiger partial charge in [-0.25, -0.2) is 0 Å². The third-order valence-corrected chi connectivity index (χ3v) is 2.95. The number of nitrogens with one attached hydrogen (secondary N) is 1. The van der Waals surface area contributed by atoms with E-state index < -0.39 is 0 Å². The number of hydrogen-bond donors (Lipinski definition) is 1. The van der Waals surface area contributed by atoms with E-state index in [-0.39, 0.29) is 0 Å². The van der Waals surface area contributed by atoms with E-state index in [1.54, 1.807) is 11.8 Å². The number of hydrogen-bond acceptors (Lipinski definition) is 3. The summed E-state index contributed by atoms with van der Waals surface area (Å²) in [5.41, 5.74) is 1.09. The monoisotopic (exact) mass is 237 g/mol. The summed E-state index contributed by atoms with van der Waals surface area (Å²) in [6, 6.07) is 10.1. The van der Waals surface area contributed by atoms with E-state index in [1.165, 1.54) is 0 Å². The van der Waals surface area contributed by atoms with E-state index in [0.717, 1.165) is 22.0 Å². The number of thiocarbonyl (C=S) groups is 1. The molecule has 0 aliphatic heterocycles. The van der Waals surface area contributed by atoms with Gasteiger partial charge in [-0.15, -0.1) is 11.8 Å². The van der Waals surface area contributed by atoms with Gasteiger partial charge in [-0.2, -0.15) is 0 Å². The Balaban J connectivity index is 2.77. The topological polar surface area (TPSA) is 12.0 Å². The first kappa shape index (κ1) is 12.3.